The van der Waals surface area contributed by atoms with Gasteiger partial charge in [-0.15, -0.1) is 0 Å². The van der Waals surface area contributed by atoms with Crippen molar-refractivity contribution in [3.63, 3.8) is 0 Å². The van der Waals surface area contributed by atoms with Crippen molar-refractivity contribution in [2.75, 3.05) is 31.6 Å². The summed E-state index contributed by atoms with van der Waals surface area (Å²) in [6.07, 6.45) is 1.05. The Morgan fingerprint density at radius 1 is 1.45 bits per heavy atom. The van der Waals surface area contributed by atoms with Crippen LogP contribution in [0.3, 0.4) is 0 Å². The first kappa shape index (κ1) is 16.4. The first-order valence-electron chi connectivity index (χ1n) is 7.06. The highest BCUT2D eigenvalue weighted by molar-refractivity contribution is 7.99. The molecule has 0 aromatic heterocycles. The van der Waals surface area contributed by atoms with E-state index in [2.05, 4.69) is 35.0 Å². The van der Waals surface area contributed by atoms with Crippen LogP contribution in [0, 0.1) is 0 Å². The minimum atomic E-state index is 0.253. The fourth-order valence-electron chi connectivity index (χ4n) is 2.63. The lowest BCUT2D eigenvalue weighted by Crippen LogP contribution is -2.41. The first-order valence-corrected chi connectivity index (χ1v) is 8.97. The van der Waals surface area contributed by atoms with Gasteiger partial charge in [0.2, 0.25) is 0 Å². The molecule has 20 heavy (non-hydrogen) atoms. The summed E-state index contributed by atoms with van der Waals surface area (Å²) >= 11 is 14.5. The van der Waals surface area contributed by atoms with Crippen molar-refractivity contribution in [1.82, 2.24) is 10.2 Å². The Morgan fingerprint density at radius 3 is 2.95 bits per heavy atom. The van der Waals surface area contributed by atoms with Crippen LogP contribution in [0.2, 0.25) is 10.0 Å². The van der Waals surface area contributed by atoms with Crippen LogP contribution < -0.4 is 5.32 Å². The molecule has 1 fully saturated rings. The second-order valence-corrected chi connectivity index (χ2v) is 7.17. The monoisotopic (exact) mass is 332 g/mol. The molecule has 0 bridgehead atoms. The van der Waals surface area contributed by atoms with Crippen molar-refractivity contribution in [2.24, 2.45) is 0 Å². The molecule has 0 radical (unpaired) electrons. The summed E-state index contributed by atoms with van der Waals surface area (Å²) in [6.45, 7) is 4.59. The Morgan fingerprint density at radius 2 is 2.25 bits per heavy atom. The maximum atomic E-state index is 6.33. The lowest BCUT2D eigenvalue weighted by atomic mass is 10.0. The Bertz CT molecular complexity index is 442. The summed E-state index contributed by atoms with van der Waals surface area (Å²) in [4.78, 5) is 2.57. The molecule has 1 aromatic rings. The van der Waals surface area contributed by atoms with E-state index in [1.54, 1.807) is 0 Å². The molecule has 0 aliphatic carbocycles. The second kappa shape index (κ2) is 7.90. The topological polar surface area (TPSA) is 15.3 Å². The van der Waals surface area contributed by atoms with Gasteiger partial charge in [0, 0.05) is 36.7 Å². The molecule has 2 atom stereocenters. The molecule has 1 aliphatic rings. The third-order valence-corrected chi connectivity index (χ3v) is 5.94. The third kappa shape index (κ3) is 4.05. The maximum Gasteiger partial charge on any atom is 0.0640 e. The third-order valence-electron chi connectivity index (χ3n) is 3.92. The Balaban J connectivity index is 2.00. The van der Waals surface area contributed by atoms with Crippen LogP contribution >= 0.6 is 35.0 Å². The largest absolute Gasteiger partial charge is 0.313 e. The van der Waals surface area contributed by atoms with E-state index < -0.39 is 0 Å². The van der Waals surface area contributed by atoms with Gasteiger partial charge in [0.05, 0.1) is 10.0 Å². The summed E-state index contributed by atoms with van der Waals surface area (Å²) < 4.78 is 0. The van der Waals surface area contributed by atoms with E-state index in [0.29, 0.717) is 16.1 Å². The average Bonchev–Trinajstić information content (AvgIpc) is 2.45. The smallest absolute Gasteiger partial charge is 0.0640 e. The van der Waals surface area contributed by atoms with Gasteiger partial charge >= 0.3 is 0 Å². The van der Waals surface area contributed by atoms with Crippen molar-refractivity contribution in [1.29, 1.82) is 0 Å². The van der Waals surface area contributed by atoms with Crippen molar-refractivity contribution >= 4 is 35.0 Å². The molecule has 0 saturated carbocycles. The van der Waals surface area contributed by atoms with E-state index in [1.165, 1.54) is 18.1 Å². The second-order valence-electron chi connectivity index (χ2n) is 5.23. The van der Waals surface area contributed by atoms with E-state index >= 15 is 0 Å². The highest BCUT2D eigenvalue weighted by atomic mass is 35.5. The summed E-state index contributed by atoms with van der Waals surface area (Å²) in [6, 6.07) is 6.78. The van der Waals surface area contributed by atoms with Crippen LogP contribution in [-0.4, -0.2) is 42.6 Å². The quantitative estimate of drug-likeness (QED) is 0.874. The van der Waals surface area contributed by atoms with Crippen LogP contribution in [-0.2, 0) is 0 Å². The van der Waals surface area contributed by atoms with E-state index in [0.717, 1.165) is 18.5 Å². The number of benzene rings is 1. The summed E-state index contributed by atoms with van der Waals surface area (Å²) in [5.41, 5.74) is 1.10. The number of nitrogens with one attached hydrogen (secondary N) is 1. The van der Waals surface area contributed by atoms with Gasteiger partial charge in [-0.3, -0.25) is 4.90 Å². The van der Waals surface area contributed by atoms with Crippen LogP contribution in [0.25, 0.3) is 0 Å². The van der Waals surface area contributed by atoms with E-state index in [4.69, 9.17) is 23.2 Å². The lowest BCUT2D eigenvalue weighted by Gasteiger charge is -2.34. The van der Waals surface area contributed by atoms with Crippen molar-refractivity contribution in [3.05, 3.63) is 33.8 Å². The van der Waals surface area contributed by atoms with Gasteiger partial charge in [-0.25, -0.2) is 0 Å². The summed E-state index contributed by atoms with van der Waals surface area (Å²) in [5, 5.41) is 4.67. The molecule has 2 nitrogen and oxygen atoms in total. The zero-order valence-corrected chi connectivity index (χ0v) is 14.4. The van der Waals surface area contributed by atoms with Crippen LogP contribution in [0.5, 0.6) is 0 Å². The minimum absolute atomic E-state index is 0.253. The summed E-state index contributed by atoms with van der Waals surface area (Å²) in [7, 11) is 1.98. The van der Waals surface area contributed by atoms with Crippen LogP contribution in [0.4, 0.5) is 0 Å². The molecule has 1 N–H and O–H groups in total. The normalized spacial score (nSPS) is 21.9. The van der Waals surface area contributed by atoms with Gasteiger partial charge in [-0.05, 0) is 32.0 Å². The Hall–Kier alpha value is 0.0700. The molecule has 2 rings (SSSR count). The molecule has 5 heteroatoms. The molecule has 112 valence electrons. The minimum Gasteiger partial charge on any atom is -0.313 e. The van der Waals surface area contributed by atoms with Crippen molar-refractivity contribution in [3.8, 4) is 0 Å². The fraction of sp³-hybridized carbons (Fsp3) is 0.600. The number of halogens is 2. The molecule has 2 unspecified atom stereocenters. The number of hydrogen-bond donors (Lipinski definition) is 1. The fourth-order valence-corrected chi connectivity index (χ4v) is 4.16. The zero-order valence-electron chi connectivity index (χ0n) is 12.0. The van der Waals surface area contributed by atoms with E-state index in [1.807, 2.05) is 19.2 Å². The lowest BCUT2D eigenvalue weighted by molar-refractivity contribution is 0.220. The average molecular weight is 333 g/mol. The predicted octanol–water partition coefficient (Wildman–Crippen LogP) is 4.08. The number of rotatable bonds is 5. The van der Waals surface area contributed by atoms with E-state index in [9.17, 15) is 0 Å². The SMILES string of the molecule is CNC(CCN1CCSCC1C)c1cccc(Cl)c1Cl. The Kier molecular flexibility index (Phi) is 6.50. The molecular weight excluding hydrogens is 311 g/mol. The molecule has 0 spiro atoms. The van der Waals surface area contributed by atoms with Gasteiger partial charge < -0.3 is 5.32 Å². The maximum absolute atomic E-state index is 6.33. The number of hydrogen-bond acceptors (Lipinski definition) is 3. The Labute approximate surface area is 136 Å². The summed E-state index contributed by atoms with van der Waals surface area (Å²) in [5.74, 6) is 2.48. The van der Waals surface area contributed by atoms with Gasteiger partial charge in [0.1, 0.15) is 0 Å². The molecule has 1 aromatic carbocycles. The predicted molar refractivity (Wildman–Crippen MR) is 91.2 cm³/mol. The van der Waals surface area contributed by atoms with E-state index in [-0.39, 0.29) is 6.04 Å². The standard InChI is InChI=1S/C15H22Cl2N2S/c1-11-10-20-9-8-19(11)7-6-14(18-2)12-4-3-5-13(16)15(12)17/h3-5,11,14,18H,6-10H2,1-2H3. The first-order chi connectivity index (χ1) is 9.63. The van der Waals surface area contributed by atoms with Gasteiger partial charge in [-0.2, -0.15) is 11.8 Å². The number of thioether (sulfide) groups is 1. The number of nitrogens with zero attached hydrogens (tertiary/aromatic N) is 1. The zero-order chi connectivity index (χ0) is 14.5. The molecule has 1 aliphatic heterocycles. The van der Waals surface area contributed by atoms with Crippen molar-refractivity contribution in [2.45, 2.75) is 25.4 Å². The van der Waals surface area contributed by atoms with Crippen LogP contribution in [0.1, 0.15) is 24.9 Å². The van der Waals surface area contributed by atoms with Crippen molar-refractivity contribution < 1.29 is 0 Å². The molecule has 1 heterocycles. The highest BCUT2D eigenvalue weighted by Crippen LogP contribution is 2.31. The highest BCUT2D eigenvalue weighted by Gasteiger charge is 2.21. The van der Waals surface area contributed by atoms with Gasteiger partial charge in [0.25, 0.3) is 0 Å². The van der Waals surface area contributed by atoms with Crippen LogP contribution in [0.15, 0.2) is 18.2 Å². The van der Waals surface area contributed by atoms with Gasteiger partial charge in [0.15, 0.2) is 0 Å². The van der Waals surface area contributed by atoms with Gasteiger partial charge in [-0.1, -0.05) is 35.3 Å². The molecule has 1 saturated heterocycles. The molecule has 0 amide bonds. The molecular formula is C15H22Cl2N2S.